The number of carbonyl (C=O) groups is 2. The standard InChI is InChI=1S/C18H15ClN2O3S/c1-10(22)20-11-7-8-14(24-2)13(9-11)21-18(23)17-16(19)12-5-3-4-6-15(12)25-17/h3-9H,1-2H3,(H,20,22)(H,21,23). The zero-order valence-electron chi connectivity index (χ0n) is 13.6. The van der Waals surface area contributed by atoms with Crippen molar-refractivity contribution in [3.63, 3.8) is 0 Å². The van der Waals surface area contributed by atoms with E-state index in [0.717, 1.165) is 10.1 Å². The number of benzene rings is 2. The summed E-state index contributed by atoms with van der Waals surface area (Å²) < 4.78 is 6.22. The average molecular weight is 375 g/mol. The molecule has 0 fully saturated rings. The third-order valence-electron chi connectivity index (χ3n) is 3.51. The van der Waals surface area contributed by atoms with Gasteiger partial charge < -0.3 is 15.4 Å². The molecule has 3 aromatic rings. The van der Waals surface area contributed by atoms with Gasteiger partial charge in [-0.05, 0) is 24.3 Å². The largest absolute Gasteiger partial charge is 0.495 e. The van der Waals surface area contributed by atoms with Gasteiger partial charge in [0.25, 0.3) is 5.91 Å². The molecule has 2 aromatic carbocycles. The third kappa shape index (κ3) is 3.60. The summed E-state index contributed by atoms with van der Waals surface area (Å²) in [7, 11) is 1.51. The predicted molar refractivity (Wildman–Crippen MR) is 102 cm³/mol. The van der Waals surface area contributed by atoms with Crippen LogP contribution in [0.15, 0.2) is 42.5 Å². The molecule has 1 aromatic heterocycles. The number of fused-ring (bicyclic) bond motifs is 1. The first kappa shape index (κ1) is 17.3. The molecule has 25 heavy (non-hydrogen) atoms. The summed E-state index contributed by atoms with van der Waals surface area (Å²) in [6.07, 6.45) is 0. The number of ether oxygens (including phenoxy) is 1. The Hall–Kier alpha value is -2.57. The maximum absolute atomic E-state index is 12.7. The van der Waals surface area contributed by atoms with Crippen molar-refractivity contribution < 1.29 is 14.3 Å². The number of halogens is 1. The highest BCUT2D eigenvalue weighted by molar-refractivity contribution is 7.21. The molecule has 0 aliphatic heterocycles. The first-order valence-electron chi connectivity index (χ1n) is 7.43. The van der Waals surface area contributed by atoms with Crippen molar-refractivity contribution in [3.8, 4) is 5.75 Å². The molecule has 2 amide bonds. The summed E-state index contributed by atoms with van der Waals surface area (Å²) in [4.78, 5) is 24.3. The fourth-order valence-corrected chi connectivity index (χ4v) is 3.84. The molecular weight excluding hydrogens is 360 g/mol. The number of amides is 2. The second-order valence-corrected chi connectivity index (χ2v) is 6.72. The number of thiophene rings is 1. The molecule has 7 heteroatoms. The molecule has 0 spiro atoms. The summed E-state index contributed by atoms with van der Waals surface area (Å²) in [6.45, 7) is 1.42. The van der Waals surface area contributed by atoms with Crippen LogP contribution in [0.25, 0.3) is 10.1 Å². The number of methoxy groups -OCH3 is 1. The Morgan fingerprint density at radius 2 is 1.88 bits per heavy atom. The minimum absolute atomic E-state index is 0.199. The highest BCUT2D eigenvalue weighted by Gasteiger charge is 2.18. The van der Waals surface area contributed by atoms with Crippen molar-refractivity contribution in [1.29, 1.82) is 0 Å². The molecule has 0 bridgehead atoms. The fraction of sp³-hybridized carbons (Fsp3) is 0.111. The van der Waals surface area contributed by atoms with E-state index in [2.05, 4.69) is 10.6 Å². The van der Waals surface area contributed by atoms with Crippen LogP contribution in [0.4, 0.5) is 11.4 Å². The third-order valence-corrected chi connectivity index (χ3v) is 5.18. The molecule has 2 N–H and O–H groups in total. The Bertz CT molecular complexity index is 968. The minimum atomic E-state index is -0.329. The first-order valence-corrected chi connectivity index (χ1v) is 8.63. The maximum Gasteiger partial charge on any atom is 0.267 e. The van der Waals surface area contributed by atoms with Gasteiger partial charge in [0.1, 0.15) is 10.6 Å². The van der Waals surface area contributed by atoms with E-state index < -0.39 is 0 Å². The van der Waals surface area contributed by atoms with Gasteiger partial charge in [-0.2, -0.15) is 0 Å². The molecule has 0 radical (unpaired) electrons. The number of carbonyl (C=O) groups excluding carboxylic acids is 2. The van der Waals surface area contributed by atoms with Crippen LogP contribution in [0, 0.1) is 0 Å². The van der Waals surface area contributed by atoms with Crippen LogP contribution >= 0.6 is 22.9 Å². The van der Waals surface area contributed by atoms with Crippen LogP contribution in [-0.2, 0) is 4.79 Å². The van der Waals surface area contributed by atoms with E-state index in [-0.39, 0.29) is 11.8 Å². The summed E-state index contributed by atoms with van der Waals surface area (Å²) >= 11 is 7.68. The van der Waals surface area contributed by atoms with Crippen LogP contribution in [0.3, 0.4) is 0 Å². The topological polar surface area (TPSA) is 67.4 Å². The second kappa shape index (κ2) is 7.13. The van der Waals surface area contributed by atoms with Crippen molar-refractivity contribution in [2.75, 3.05) is 17.7 Å². The van der Waals surface area contributed by atoms with Crippen molar-refractivity contribution >= 4 is 56.2 Å². The average Bonchev–Trinajstić information content (AvgIpc) is 2.92. The normalized spacial score (nSPS) is 10.5. The second-order valence-electron chi connectivity index (χ2n) is 5.29. The number of rotatable bonds is 4. The number of nitrogens with one attached hydrogen (secondary N) is 2. The van der Waals surface area contributed by atoms with Gasteiger partial charge in [-0.3, -0.25) is 9.59 Å². The first-order chi connectivity index (χ1) is 12.0. The quantitative estimate of drug-likeness (QED) is 0.691. The van der Waals surface area contributed by atoms with Crippen molar-refractivity contribution in [2.45, 2.75) is 6.92 Å². The van der Waals surface area contributed by atoms with Crippen LogP contribution in [0.2, 0.25) is 5.02 Å². The molecule has 0 saturated carbocycles. The molecule has 0 atom stereocenters. The summed E-state index contributed by atoms with van der Waals surface area (Å²) in [6, 6.07) is 12.6. The van der Waals surface area contributed by atoms with Gasteiger partial charge in [-0.1, -0.05) is 29.8 Å². The predicted octanol–water partition coefficient (Wildman–Crippen LogP) is 4.77. The molecule has 1 heterocycles. The zero-order valence-corrected chi connectivity index (χ0v) is 15.1. The molecule has 5 nitrogen and oxygen atoms in total. The van der Waals surface area contributed by atoms with Gasteiger partial charge in [0, 0.05) is 22.7 Å². The Morgan fingerprint density at radius 1 is 1.12 bits per heavy atom. The van der Waals surface area contributed by atoms with E-state index in [0.29, 0.717) is 27.0 Å². The lowest BCUT2D eigenvalue weighted by Crippen LogP contribution is -2.12. The van der Waals surface area contributed by atoms with Crippen molar-refractivity contribution in [3.05, 3.63) is 52.4 Å². The SMILES string of the molecule is COc1ccc(NC(C)=O)cc1NC(=O)c1sc2ccccc2c1Cl. The number of hydrogen-bond donors (Lipinski definition) is 2. The highest BCUT2D eigenvalue weighted by Crippen LogP contribution is 2.36. The fourth-order valence-electron chi connectivity index (χ4n) is 2.43. The van der Waals surface area contributed by atoms with Crippen LogP contribution in [0.1, 0.15) is 16.6 Å². The van der Waals surface area contributed by atoms with E-state index in [1.54, 1.807) is 18.2 Å². The molecule has 128 valence electrons. The smallest absolute Gasteiger partial charge is 0.267 e. The highest BCUT2D eigenvalue weighted by atomic mass is 35.5. The molecular formula is C18H15ClN2O3S. The van der Waals surface area contributed by atoms with Crippen molar-refractivity contribution in [2.24, 2.45) is 0 Å². The molecule has 0 saturated heterocycles. The van der Waals surface area contributed by atoms with Gasteiger partial charge >= 0.3 is 0 Å². The Morgan fingerprint density at radius 3 is 2.56 bits per heavy atom. The zero-order chi connectivity index (χ0) is 18.0. The number of anilines is 2. The van der Waals surface area contributed by atoms with Gasteiger partial charge in [-0.25, -0.2) is 0 Å². The van der Waals surface area contributed by atoms with Crippen LogP contribution < -0.4 is 15.4 Å². The van der Waals surface area contributed by atoms with E-state index in [1.165, 1.54) is 25.4 Å². The molecule has 3 rings (SSSR count). The van der Waals surface area contributed by atoms with E-state index in [9.17, 15) is 9.59 Å². The van der Waals surface area contributed by atoms with Crippen molar-refractivity contribution in [1.82, 2.24) is 0 Å². The lowest BCUT2D eigenvalue weighted by atomic mass is 10.2. The van der Waals surface area contributed by atoms with E-state index in [1.807, 2.05) is 24.3 Å². The lowest BCUT2D eigenvalue weighted by Gasteiger charge is -2.12. The van der Waals surface area contributed by atoms with Gasteiger partial charge in [0.05, 0.1) is 17.8 Å². The monoisotopic (exact) mass is 374 g/mol. The molecule has 0 aliphatic carbocycles. The summed E-state index contributed by atoms with van der Waals surface area (Å²) in [5, 5.41) is 6.75. The molecule has 0 aliphatic rings. The Kier molecular flexibility index (Phi) is 4.92. The van der Waals surface area contributed by atoms with Gasteiger partial charge in [0.2, 0.25) is 5.91 Å². The minimum Gasteiger partial charge on any atom is -0.495 e. The van der Waals surface area contributed by atoms with Gasteiger partial charge in [-0.15, -0.1) is 11.3 Å². The summed E-state index contributed by atoms with van der Waals surface area (Å²) in [5.74, 6) is -0.0424. The number of hydrogen-bond acceptors (Lipinski definition) is 4. The van der Waals surface area contributed by atoms with E-state index in [4.69, 9.17) is 16.3 Å². The maximum atomic E-state index is 12.7. The van der Waals surface area contributed by atoms with Gasteiger partial charge in [0.15, 0.2) is 0 Å². The van der Waals surface area contributed by atoms with Crippen LogP contribution in [0.5, 0.6) is 5.75 Å². The summed E-state index contributed by atoms with van der Waals surface area (Å²) in [5.41, 5.74) is 1.01. The Labute approximate surface area is 153 Å². The lowest BCUT2D eigenvalue weighted by molar-refractivity contribution is -0.114. The van der Waals surface area contributed by atoms with Crippen LogP contribution in [-0.4, -0.2) is 18.9 Å². The van der Waals surface area contributed by atoms with E-state index >= 15 is 0 Å². The molecule has 0 unspecified atom stereocenters. The Balaban J connectivity index is 1.93.